The third-order valence-corrected chi connectivity index (χ3v) is 4.55. The number of carbonyl (C=O) groups excluding carboxylic acids is 2. The lowest BCUT2D eigenvalue weighted by Crippen LogP contribution is -2.43. The number of nitrogens with one attached hydrogen (secondary N) is 2. The molecule has 2 fully saturated rings. The summed E-state index contributed by atoms with van der Waals surface area (Å²) >= 11 is 0. The van der Waals surface area contributed by atoms with Crippen LogP contribution < -0.4 is 10.6 Å². The van der Waals surface area contributed by atoms with Gasteiger partial charge in [-0.1, -0.05) is 29.8 Å². The average molecular weight is 332 g/mol. The fourth-order valence-corrected chi connectivity index (χ4v) is 3.15. The first-order chi connectivity index (χ1) is 11.6. The maximum atomic E-state index is 11.9. The fraction of sp³-hybridized carbons (Fsp3) is 0.556. The zero-order valence-corrected chi connectivity index (χ0v) is 14.0. The van der Waals surface area contributed by atoms with E-state index >= 15 is 0 Å². The second kappa shape index (κ2) is 7.32. The Morgan fingerprint density at radius 3 is 2.50 bits per heavy atom. The first kappa shape index (κ1) is 16.9. The van der Waals surface area contributed by atoms with Crippen molar-refractivity contribution in [3.8, 4) is 0 Å². The predicted molar refractivity (Wildman–Crippen MR) is 88.1 cm³/mol. The van der Waals surface area contributed by atoms with E-state index in [1.54, 1.807) is 0 Å². The summed E-state index contributed by atoms with van der Waals surface area (Å²) in [5.41, 5.74) is 2.11. The number of aryl methyl sites for hydroxylation is 1. The van der Waals surface area contributed by atoms with Gasteiger partial charge in [0.2, 0.25) is 0 Å². The molecule has 3 rings (SSSR count). The Morgan fingerprint density at radius 2 is 1.79 bits per heavy atom. The lowest BCUT2D eigenvalue weighted by molar-refractivity contribution is -0.161. The molecule has 1 aliphatic heterocycles. The molecule has 0 radical (unpaired) electrons. The molecule has 24 heavy (non-hydrogen) atoms. The number of hydrogen-bond acceptors (Lipinski definition) is 4. The Balaban J connectivity index is 1.38. The molecule has 1 saturated heterocycles. The number of rotatable bonds is 4. The molecule has 1 aromatic rings. The Bertz CT molecular complexity index is 594. The van der Waals surface area contributed by atoms with Crippen LogP contribution in [0.25, 0.3) is 0 Å². The number of hydrogen-bond donors (Lipinski definition) is 2. The van der Waals surface area contributed by atoms with Gasteiger partial charge < -0.3 is 20.1 Å². The third-order valence-electron chi connectivity index (χ3n) is 4.55. The second-order valence-corrected chi connectivity index (χ2v) is 6.55. The first-order valence-corrected chi connectivity index (χ1v) is 8.50. The van der Waals surface area contributed by atoms with Gasteiger partial charge in [-0.25, -0.2) is 0 Å². The van der Waals surface area contributed by atoms with E-state index in [0.717, 1.165) is 36.8 Å². The second-order valence-electron chi connectivity index (χ2n) is 6.55. The molecule has 2 N–H and O–H groups in total. The molecule has 1 aromatic carbocycles. The number of benzene rings is 1. The first-order valence-electron chi connectivity index (χ1n) is 8.50. The molecular weight excluding hydrogens is 308 g/mol. The molecule has 1 saturated carbocycles. The number of carbonyl (C=O) groups is 2. The van der Waals surface area contributed by atoms with Gasteiger partial charge in [0.15, 0.2) is 5.79 Å². The Hall–Kier alpha value is -1.92. The number of ether oxygens (including phenoxy) is 2. The van der Waals surface area contributed by atoms with Gasteiger partial charge in [-0.3, -0.25) is 9.59 Å². The highest BCUT2D eigenvalue weighted by molar-refractivity contribution is 6.35. The van der Waals surface area contributed by atoms with Crippen LogP contribution in [0.1, 0.15) is 36.8 Å². The maximum absolute atomic E-state index is 11.9. The average Bonchev–Trinajstić information content (AvgIpc) is 3.22. The molecule has 2 aliphatic rings. The van der Waals surface area contributed by atoms with Gasteiger partial charge in [-0.2, -0.15) is 0 Å². The van der Waals surface area contributed by atoms with Crippen LogP contribution in [0.2, 0.25) is 0 Å². The van der Waals surface area contributed by atoms with Crippen molar-refractivity contribution in [2.24, 2.45) is 0 Å². The predicted octanol–water partition coefficient (Wildman–Crippen LogP) is 1.41. The molecule has 130 valence electrons. The van der Waals surface area contributed by atoms with E-state index in [-0.39, 0.29) is 6.10 Å². The van der Waals surface area contributed by atoms with Crippen molar-refractivity contribution in [3.05, 3.63) is 35.4 Å². The smallest absolute Gasteiger partial charge is 0.309 e. The Kier molecular flexibility index (Phi) is 5.16. The highest BCUT2D eigenvalue weighted by Gasteiger charge is 2.43. The quantitative estimate of drug-likeness (QED) is 0.818. The van der Waals surface area contributed by atoms with Crippen LogP contribution in [-0.2, 0) is 25.6 Å². The van der Waals surface area contributed by atoms with Crippen molar-refractivity contribution in [1.29, 1.82) is 0 Å². The molecule has 1 atom stereocenters. The minimum atomic E-state index is -0.641. The van der Waals surface area contributed by atoms with Gasteiger partial charge in [-0.05, 0) is 25.3 Å². The number of amides is 2. The van der Waals surface area contributed by atoms with Crippen LogP contribution in [0.15, 0.2) is 24.3 Å². The summed E-state index contributed by atoms with van der Waals surface area (Å²) < 4.78 is 11.7. The largest absolute Gasteiger partial charge is 0.347 e. The summed E-state index contributed by atoms with van der Waals surface area (Å²) in [5, 5.41) is 5.24. The molecule has 1 heterocycles. The zero-order chi connectivity index (χ0) is 17.0. The van der Waals surface area contributed by atoms with Gasteiger partial charge in [0, 0.05) is 25.9 Å². The van der Waals surface area contributed by atoms with E-state index in [1.165, 1.54) is 0 Å². The summed E-state index contributed by atoms with van der Waals surface area (Å²) in [6.45, 7) is 3.09. The SMILES string of the molecule is Cc1ccc(CNC(=O)C(=O)NC[C@H]2COC3(CCCC3)O2)cc1. The van der Waals surface area contributed by atoms with Crippen molar-refractivity contribution in [1.82, 2.24) is 10.6 Å². The Morgan fingerprint density at radius 1 is 1.12 bits per heavy atom. The molecule has 0 bridgehead atoms. The van der Waals surface area contributed by atoms with Gasteiger partial charge in [0.25, 0.3) is 0 Å². The van der Waals surface area contributed by atoms with Crippen LogP contribution in [0.3, 0.4) is 0 Å². The summed E-state index contributed by atoms with van der Waals surface area (Å²) in [6.07, 6.45) is 3.86. The highest BCUT2D eigenvalue weighted by atomic mass is 16.7. The lowest BCUT2D eigenvalue weighted by atomic mass is 10.1. The maximum Gasteiger partial charge on any atom is 0.309 e. The fourth-order valence-electron chi connectivity index (χ4n) is 3.15. The van der Waals surface area contributed by atoms with Crippen molar-refractivity contribution >= 4 is 11.8 Å². The summed E-state index contributed by atoms with van der Waals surface area (Å²) in [6, 6.07) is 7.80. The minimum absolute atomic E-state index is 0.183. The third kappa shape index (κ3) is 4.13. The minimum Gasteiger partial charge on any atom is -0.347 e. The molecule has 1 spiro atoms. The van der Waals surface area contributed by atoms with Crippen LogP contribution in [-0.4, -0.2) is 36.9 Å². The highest BCUT2D eigenvalue weighted by Crippen LogP contribution is 2.38. The molecular formula is C18H24N2O4. The van der Waals surface area contributed by atoms with Crippen molar-refractivity contribution in [2.75, 3.05) is 13.2 Å². The van der Waals surface area contributed by atoms with Crippen LogP contribution in [0.5, 0.6) is 0 Å². The molecule has 6 nitrogen and oxygen atoms in total. The standard InChI is InChI=1S/C18H24N2O4/c1-13-4-6-14(7-5-13)10-19-16(21)17(22)20-11-15-12-23-18(24-15)8-2-3-9-18/h4-7,15H,2-3,8-12H2,1H3,(H,19,21)(H,20,22)/t15-/m0/s1. The monoisotopic (exact) mass is 332 g/mol. The Labute approximate surface area is 141 Å². The van der Waals surface area contributed by atoms with Crippen LogP contribution in [0.4, 0.5) is 0 Å². The van der Waals surface area contributed by atoms with E-state index in [1.807, 2.05) is 31.2 Å². The molecule has 2 amide bonds. The summed E-state index contributed by atoms with van der Waals surface area (Å²) in [7, 11) is 0. The van der Waals surface area contributed by atoms with Crippen LogP contribution >= 0.6 is 0 Å². The van der Waals surface area contributed by atoms with Gasteiger partial charge >= 0.3 is 11.8 Å². The van der Waals surface area contributed by atoms with E-state index in [2.05, 4.69) is 10.6 Å². The topological polar surface area (TPSA) is 76.7 Å². The van der Waals surface area contributed by atoms with E-state index in [4.69, 9.17) is 9.47 Å². The van der Waals surface area contributed by atoms with E-state index < -0.39 is 17.6 Å². The normalized spacial score (nSPS) is 21.8. The van der Waals surface area contributed by atoms with Gasteiger partial charge in [0.05, 0.1) is 6.61 Å². The summed E-state index contributed by atoms with van der Waals surface area (Å²) in [4.78, 5) is 23.7. The van der Waals surface area contributed by atoms with Crippen molar-refractivity contribution in [3.63, 3.8) is 0 Å². The molecule has 0 unspecified atom stereocenters. The molecule has 0 aromatic heterocycles. The van der Waals surface area contributed by atoms with Crippen molar-refractivity contribution < 1.29 is 19.1 Å². The molecule has 6 heteroatoms. The lowest BCUT2D eigenvalue weighted by Gasteiger charge is -2.21. The van der Waals surface area contributed by atoms with Crippen LogP contribution in [0, 0.1) is 6.92 Å². The van der Waals surface area contributed by atoms with E-state index in [0.29, 0.717) is 19.7 Å². The van der Waals surface area contributed by atoms with Gasteiger partial charge in [-0.15, -0.1) is 0 Å². The zero-order valence-electron chi connectivity index (χ0n) is 14.0. The summed E-state index contributed by atoms with van der Waals surface area (Å²) in [5.74, 6) is -1.72. The van der Waals surface area contributed by atoms with E-state index in [9.17, 15) is 9.59 Å². The molecule has 1 aliphatic carbocycles. The van der Waals surface area contributed by atoms with Gasteiger partial charge in [0.1, 0.15) is 6.10 Å². The van der Waals surface area contributed by atoms with Crippen molar-refractivity contribution in [2.45, 2.75) is 51.0 Å².